The zero-order valence-corrected chi connectivity index (χ0v) is 20.9. The van der Waals surface area contributed by atoms with Crippen molar-refractivity contribution in [1.29, 1.82) is 0 Å². The van der Waals surface area contributed by atoms with Crippen molar-refractivity contribution >= 4 is 27.5 Å². The summed E-state index contributed by atoms with van der Waals surface area (Å²) in [5.74, 6) is -0.616. The van der Waals surface area contributed by atoms with E-state index in [0.717, 1.165) is 38.0 Å². The van der Waals surface area contributed by atoms with E-state index in [1.54, 1.807) is 4.72 Å². The number of alkyl halides is 6. The molecule has 6 nitrogen and oxygen atoms in total. The van der Waals surface area contributed by atoms with Gasteiger partial charge in [-0.3, -0.25) is 9.69 Å². The Balaban J connectivity index is 1.50. The van der Waals surface area contributed by atoms with Gasteiger partial charge in [0.25, 0.3) is 0 Å². The molecule has 0 spiro atoms. The lowest BCUT2D eigenvalue weighted by Gasteiger charge is -2.32. The molecule has 0 atom stereocenters. The van der Waals surface area contributed by atoms with Gasteiger partial charge in [0.15, 0.2) is 0 Å². The Morgan fingerprint density at radius 2 is 1.49 bits per heavy atom. The number of carbonyl (C=O) groups excluding carboxylic acids is 1. The molecule has 2 aromatic carbocycles. The first-order valence-electron chi connectivity index (χ1n) is 11.2. The molecule has 0 radical (unpaired) electrons. The molecule has 1 saturated heterocycles. The number of benzene rings is 2. The minimum absolute atomic E-state index is 0.0906. The summed E-state index contributed by atoms with van der Waals surface area (Å²) in [5.41, 5.74) is -2.42. The van der Waals surface area contributed by atoms with Crippen LogP contribution in [0.25, 0.3) is 0 Å². The van der Waals surface area contributed by atoms with Crippen LogP contribution in [0.3, 0.4) is 0 Å². The minimum atomic E-state index is -5.20. The molecular weight excluding hydrogens is 548 g/mol. The van der Waals surface area contributed by atoms with Gasteiger partial charge in [-0.15, -0.1) is 0 Å². The fourth-order valence-corrected chi connectivity index (χ4v) is 5.02. The van der Waals surface area contributed by atoms with Gasteiger partial charge in [0, 0.05) is 18.1 Å². The van der Waals surface area contributed by atoms with Gasteiger partial charge in [0.1, 0.15) is 0 Å². The zero-order chi connectivity index (χ0) is 27.4. The largest absolute Gasteiger partial charge is 0.416 e. The minimum Gasteiger partial charge on any atom is -0.355 e. The average Bonchev–Trinajstić information content (AvgIpc) is 2.82. The van der Waals surface area contributed by atoms with E-state index in [2.05, 4.69) is 10.2 Å². The van der Waals surface area contributed by atoms with Crippen LogP contribution in [0, 0.1) is 5.92 Å². The third-order valence-corrected chi connectivity index (χ3v) is 7.54. The van der Waals surface area contributed by atoms with Gasteiger partial charge < -0.3 is 5.32 Å². The quantitative estimate of drug-likeness (QED) is 0.451. The maximum atomic E-state index is 13.0. The number of rotatable bonds is 8. The van der Waals surface area contributed by atoms with Crippen LogP contribution in [0.1, 0.15) is 29.5 Å². The number of hydrogen-bond acceptors (Lipinski definition) is 4. The number of sulfonamides is 1. The van der Waals surface area contributed by atoms with E-state index in [9.17, 15) is 39.6 Å². The van der Waals surface area contributed by atoms with Crippen molar-refractivity contribution in [3.05, 3.63) is 64.2 Å². The molecule has 1 amide bonds. The summed E-state index contributed by atoms with van der Waals surface area (Å²) in [4.78, 5) is 13.1. The fraction of sp³-hybridized carbons (Fsp3) is 0.435. The van der Waals surface area contributed by atoms with E-state index in [1.807, 2.05) is 24.3 Å². The lowest BCUT2D eigenvalue weighted by molar-refractivity contribution is -0.143. The topological polar surface area (TPSA) is 78.5 Å². The number of hydrogen-bond donors (Lipinski definition) is 2. The van der Waals surface area contributed by atoms with Crippen molar-refractivity contribution in [3.8, 4) is 0 Å². The number of likely N-dealkylation sites (tertiary alicyclic amines) is 1. The molecule has 0 saturated carbocycles. The molecule has 0 unspecified atom stereocenters. The van der Waals surface area contributed by atoms with Gasteiger partial charge in [-0.2, -0.15) is 26.3 Å². The third kappa shape index (κ3) is 8.59. The predicted octanol–water partition coefficient (Wildman–Crippen LogP) is 4.68. The lowest BCUT2D eigenvalue weighted by Crippen LogP contribution is -2.41. The summed E-state index contributed by atoms with van der Waals surface area (Å²) >= 11 is 5.89. The highest BCUT2D eigenvalue weighted by Gasteiger charge is 2.38. The molecule has 204 valence electrons. The average molecular weight is 572 g/mol. The number of nitrogens with one attached hydrogen (secondary N) is 2. The van der Waals surface area contributed by atoms with Crippen LogP contribution >= 0.6 is 11.6 Å². The molecule has 1 heterocycles. The van der Waals surface area contributed by atoms with Crippen LogP contribution in [0.2, 0.25) is 5.02 Å². The molecular formula is C23H24ClF6N3O3S. The molecule has 2 N–H and O–H groups in total. The van der Waals surface area contributed by atoms with Gasteiger partial charge in [-0.1, -0.05) is 23.7 Å². The fourth-order valence-electron chi connectivity index (χ4n) is 3.84. The molecule has 0 bridgehead atoms. The summed E-state index contributed by atoms with van der Waals surface area (Å²) in [6, 6.07) is 7.52. The second-order valence-corrected chi connectivity index (χ2v) is 10.9. The molecule has 0 aliphatic carbocycles. The zero-order valence-electron chi connectivity index (χ0n) is 19.3. The SMILES string of the molecule is O=C(CNS(=O)(=O)c1cc(C(F)(F)F)cc(C(F)(F)F)c1)NCC1CCN(Cc2ccc(Cl)cc2)CC1. The number of nitrogens with zero attached hydrogens (tertiary/aromatic N) is 1. The Hall–Kier alpha value is -2.35. The van der Waals surface area contributed by atoms with Crippen molar-refractivity contribution < 1.29 is 39.6 Å². The molecule has 3 rings (SSSR count). The Labute approximate surface area is 215 Å². The smallest absolute Gasteiger partial charge is 0.355 e. The first-order chi connectivity index (χ1) is 17.1. The van der Waals surface area contributed by atoms with Gasteiger partial charge >= 0.3 is 12.4 Å². The Kier molecular flexibility index (Phi) is 9.14. The van der Waals surface area contributed by atoms with Crippen molar-refractivity contribution in [2.75, 3.05) is 26.2 Å². The van der Waals surface area contributed by atoms with E-state index in [4.69, 9.17) is 11.6 Å². The van der Waals surface area contributed by atoms with Crippen LogP contribution in [0.4, 0.5) is 26.3 Å². The van der Waals surface area contributed by atoms with Crippen molar-refractivity contribution in [3.63, 3.8) is 0 Å². The second kappa shape index (κ2) is 11.6. The number of carbonyl (C=O) groups is 1. The van der Waals surface area contributed by atoms with Gasteiger partial charge in [0.05, 0.1) is 22.6 Å². The molecule has 2 aromatic rings. The maximum Gasteiger partial charge on any atom is 0.416 e. The van der Waals surface area contributed by atoms with E-state index < -0.39 is 50.9 Å². The van der Waals surface area contributed by atoms with Crippen molar-refractivity contribution in [2.24, 2.45) is 5.92 Å². The molecule has 14 heteroatoms. The van der Waals surface area contributed by atoms with Crippen molar-refractivity contribution in [1.82, 2.24) is 14.9 Å². The molecule has 1 fully saturated rings. The summed E-state index contributed by atoms with van der Waals surface area (Å²) in [5, 5.41) is 3.21. The summed E-state index contributed by atoms with van der Waals surface area (Å²) < 4.78 is 105. The van der Waals surface area contributed by atoms with E-state index >= 15 is 0 Å². The van der Waals surface area contributed by atoms with Crippen LogP contribution in [-0.2, 0) is 33.7 Å². The van der Waals surface area contributed by atoms with Crippen molar-refractivity contribution in [2.45, 2.75) is 36.6 Å². The third-order valence-electron chi connectivity index (χ3n) is 5.91. The van der Waals surface area contributed by atoms with Crippen LogP contribution < -0.4 is 10.0 Å². The number of amides is 1. The monoisotopic (exact) mass is 571 g/mol. The predicted molar refractivity (Wildman–Crippen MR) is 124 cm³/mol. The van der Waals surface area contributed by atoms with Crippen LogP contribution in [0.15, 0.2) is 47.4 Å². The highest BCUT2D eigenvalue weighted by Crippen LogP contribution is 2.37. The highest BCUT2D eigenvalue weighted by molar-refractivity contribution is 7.89. The standard InChI is InChI=1S/C23H24ClF6N3O3S/c24-19-3-1-16(2-4-19)14-33-7-5-15(6-8-33)12-31-21(34)13-32-37(35,36)20-10-17(22(25,26)27)9-18(11-20)23(28,29)30/h1-4,9-11,15,32H,5-8,12-14H2,(H,31,34). The Morgan fingerprint density at radius 3 is 2.00 bits per heavy atom. The lowest BCUT2D eigenvalue weighted by atomic mass is 9.96. The van der Waals surface area contributed by atoms with Crippen LogP contribution in [-0.4, -0.2) is 45.4 Å². The van der Waals surface area contributed by atoms with E-state index in [1.165, 1.54) is 0 Å². The summed E-state index contributed by atoms with van der Waals surface area (Å²) in [6.45, 7) is 1.75. The summed E-state index contributed by atoms with van der Waals surface area (Å²) in [6.07, 6.45) is -8.84. The molecule has 1 aliphatic rings. The molecule has 0 aromatic heterocycles. The first kappa shape index (κ1) is 29.2. The maximum absolute atomic E-state index is 13.0. The number of piperidine rings is 1. The highest BCUT2D eigenvalue weighted by atomic mass is 35.5. The molecule has 37 heavy (non-hydrogen) atoms. The summed E-state index contributed by atoms with van der Waals surface area (Å²) in [7, 11) is -4.83. The number of halogens is 7. The van der Waals surface area contributed by atoms with Crippen LogP contribution in [0.5, 0.6) is 0 Å². The van der Waals surface area contributed by atoms with E-state index in [0.29, 0.717) is 5.02 Å². The first-order valence-corrected chi connectivity index (χ1v) is 13.0. The van der Waals surface area contributed by atoms with Gasteiger partial charge in [-0.25, -0.2) is 13.1 Å². The second-order valence-electron chi connectivity index (χ2n) is 8.72. The van der Waals surface area contributed by atoms with E-state index in [-0.39, 0.29) is 30.7 Å². The molecule has 1 aliphatic heterocycles. The Bertz CT molecular complexity index is 1160. The normalized spacial score (nSPS) is 16.1. The van der Waals surface area contributed by atoms with Gasteiger partial charge in [0.2, 0.25) is 15.9 Å². The Morgan fingerprint density at radius 1 is 0.946 bits per heavy atom. The van der Waals surface area contributed by atoms with Gasteiger partial charge in [-0.05, 0) is 67.7 Å².